The molecule has 0 spiro atoms. The molecule has 3 aliphatic rings. The molecule has 0 aliphatic heterocycles. The van der Waals surface area contributed by atoms with Gasteiger partial charge in [-0.2, -0.15) is 0 Å². The summed E-state index contributed by atoms with van der Waals surface area (Å²) >= 11 is 0. The van der Waals surface area contributed by atoms with Crippen molar-refractivity contribution in [2.24, 2.45) is 11.8 Å². The van der Waals surface area contributed by atoms with E-state index >= 15 is 0 Å². The van der Waals surface area contributed by atoms with Gasteiger partial charge < -0.3 is 0 Å². The molecule has 2 fully saturated rings. The number of hydrogen-bond donors (Lipinski definition) is 0. The fourth-order valence-corrected chi connectivity index (χ4v) is 2.16. The van der Waals surface area contributed by atoms with E-state index in [1.807, 2.05) is 0 Å². The van der Waals surface area contributed by atoms with E-state index in [2.05, 4.69) is 12.2 Å². The molecule has 0 radical (unpaired) electrons. The quantitative estimate of drug-likeness (QED) is 0.509. The molecule has 0 N–H and O–H groups in total. The summed E-state index contributed by atoms with van der Waals surface area (Å²) in [6.07, 6.45) is 7.59. The first-order valence-corrected chi connectivity index (χ1v) is 4.31. The zero-order valence-corrected chi connectivity index (χ0v) is 6.34. The van der Waals surface area contributed by atoms with Crippen LogP contribution in [0.5, 0.6) is 0 Å². The first-order chi connectivity index (χ1) is 5.34. The van der Waals surface area contributed by atoms with Crippen molar-refractivity contribution in [1.82, 2.24) is 0 Å². The van der Waals surface area contributed by atoms with Crippen LogP contribution in [0, 0.1) is 11.8 Å². The Balaban J connectivity index is 2.10. The Bertz CT molecular complexity index is 296. The lowest BCUT2D eigenvalue weighted by molar-refractivity contribution is -0.114. The minimum Gasteiger partial charge on any atom is -0.294 e. The summed E-state index contributed by atoms with van der Waals surface area (Å²) in [6, 6.07) is 0. The standard InChI is InChI=1S/C10H10O/c11-10-2-1-6-3-7-4-8(7)5-9(6)10/h3,5,7-8H,1-2,4H2. The fourth-order valence-electron chi connectivity index (χ4n) is 2.16. The van der Waals surface area contributed by atoms with Crippen LogP contribution in [0.1, 0.15) is 19.3 Å². The molecule has 0 aromatic heterocycles. The maximum absolute atomic E-state index is 11.3. The third-order valence-electron chi connectivity index (χ3n) is 2.95. The van der Waals surface area contributed by atoms with Gasteiger partial charge in [0.1, 0.15) is 0 Å². The maximum atomic E-state index is 11.3. The molecule has 3 rings (SSSR count). The summed E-state index contributed by atoms with van der Waals surface area (Å²) in [7, 11) is 0. The lowest BCUT2D eigenvalue weighted by Gasteiger charge is -2.03. The Morgan fingerprint density at radius 3 is 2.91 bits per heavy atom. The van der Waals surface area contributed by atoms with Gasteiger partial charge in [0.05, 0.1) is 0 Å². The molecule has 0 amide bonds. The SMILES string of the molecule is O=C1CCC2=CC3CC3C=C12. The lowest BCUT2D eigenvalue weighted by atomic mass is 10.0. The van der Waals surface area contributed by atoms with Gasteiger partial charge >= 0.3 is 0 Å². The van der Waals surface area contributed by atoms with Crippen molar-refractivity contribution in [3.8, 4) is 0 Å². The summed E-state index contributed by atoms with van der Waals surface area (Å²) < 4.78 is 0. The number of ketones is 1. The van der Waals surface area contributed by atoms with Crippen LogP contribution in [0.3, 0.4) is 0 Å². The summed E-state index contributed by atoms with van der Waals surface area (Å²) in [5.74, 6) is 1.91. The molecule has 3 aliphatic carbocycles. The van der Waals surface area contributed by atoms with Gasteiger partial charge in [-0.25, -0.2) is 0 Å². The van der Waals surface area contributed by atoms with Crippen molar-refractivity contribution < 1.29 is 4.79 Å². The topological polar surface area (TPSA) is 17.1 Å². The maximum Gasteiger partial charge on any atom is 0.163 e. The molecule has 0 bridgehead atoms. The van der Waals surface area contributed by atoms with Gasteiger partial charge in [0.25, 0.3) is 0 Å². The van der Waals surface area contributed by atoms with Crippen molar-refractivity contribution in [3.63, 3.8) is 0 Å². The molecule has 0 heterocycles. The van der Waals surface area contributed by atoms with E-state index in [0.29, 0.717) is 5.78 Å². The Hall–Kier alpha value is -0.850. The van der Waals surface area contributed by atoms with E-state index in [-0.39, 0.29) is 0 Å². The molecule has 0 aromatic rings. The van der Waals surface area contributed by atoms with Crippen LogP contribution in [0.25, 0.3) is 0 Å². The number of Topliss-reactive ketones (excluding diaryl/α,β-unsaturated/α-hetero) is 1. The molecule has 56 valence electrons. The van der Waals surface area contributed by atoms with E-state index < -0.39 is 0 Å². The molecule has 2 atom stereocenters. The largest absolute Gasteiger partial charge is 0.294 e. The van der Waals surface area contributed by atoms with Crippen molar-refractivity contribution in [3.05, 3.63) is 23.3 Å². The van der Waals surface area contributed by atoms with E-state index in [0.717, 1.165) is 30.3 Å². The third kappa shape index (κ3) is 0.684. The minimum atomic E-state index is 0.376. The van der Waals surface area contributed by atoms with Gasteiger partial charge in [0, 0.05) is 12.0 Å². The molecule has 2 unspecified atom stereocenters. The Labute approximate surface area is 65.8 Å². The Morgan fingerprint density at radius 1 is 1.18 bits per heavy atom. The average Bonchev–Trinajstić information content (AvgIpc) is 2.68. The van der Waals surface area contributed by atoms with E-state index in [1.54, 1.807) is 0 Å². The summed E-state index contributed by atoms with van der Waals surface area (Å²) in [5, 5.41) is 0. The van der Waals surface area contributed by atoms with Crippen molar-refractivity contribution in [2.75, 3.05) is 0 Å². The van der Waals surface area contributed by atoms with Gasteiger partial charge in [0.15, 0.2) is 5.78 Å². The highest BCUT2D eigenvalue weighted by atomic mass is 16.1. The second kappa shape index (κ2) is 1.66. The molecule has 0 saturated heterocycles. The van der Waals surface area contributed by atoms with Crippen LogP contribution in [0.4, 0.5) is 0 Å². The zero-order chi connectivity index (χ0) is 7.42. The second-order valence-electron chi connectivity index (χ2n) is 3.76. The van der Waals surface area contributed by atoms with Crippen LogP contribution >= 0.6 is 0 Å². The van der Waals surface area contributed by atoms with Crippen molar-refractivity contribution in [1.29, 1.82) is 0 Å². The number of carbonyl (C=O) groups is 1. The summed E-state index contributed by atoms with van der Waals surface area (Å²) in [6.45, 7) is 0. The van der Waals surface area contributed by atoms with E-state index in [9.17, 15) is 4.79 Å². The highest BCUT2D eigenvalue weighted by Gasteiger charge is 2.40. The molecule has 0 aromatic carbocycles. The van der Waals surface area contributed by atoms with Crippen LogP contribution in [0.2, 0.25) is 0 Å². The van der Waals surface area contributed by atoms with E-state index in [4.69, 9.17) is 0 Å². The molecule has 1 heteroatoms. The minimum absolute atomic E-state index is 0.376. The fraction of sp³-hybridized carbons (Fsp3) is 0.500. The summed E-state index contributed by atoms with van der Waals surface area (Å²) in [5.41, 5.74) is 2.40. The number of hydrogen-bond acceptors (Lipinski definition) is 1. The Kier molecular flexibility index (Phi) is 0.867. The third-order valence-corrected chi connectivity index (χ3v) is 2.95. The van der Waals surface area contributed by atoms with E-state index in [1.165, 1.54) is 12.0 Å². The van der Waals surface area contributed by atoms with Crippen molar-refractivity contribution in [2.45, 2.75) is 19.3 Å². The first kappa shape index (κ1) is 5.76. The van der Waals surface area contributed by atoms with Crippen LogP contribution < -0.4 is 0 Å². The predicted molar refractivity (Wildman–Crippen MR) is 42.0 cm³/mol. The van der Waals surface area contributed by atoms with Crippen LogP contribution in [-0.2, 0) is 4.79 Å². The highest BCUT2D eigenvalue weighted by molar-refractivity contribution is 6.03. The number of carbonyl (C=O) groups excluding carboxylic acids is 1. The van der Waals surface area contributed by atoms with Crippen LogP contribution in [-0.4, -0.2) is 5.78 Å². The molecule has 11 heavy (non-hydrogen) atoms. The van der Waals surface area contributed by atoms with Gasteiger partial charge in [-0.1, -0.05) is 12.2 Å². The summed E-state index contributed by atoms with van der Waals surface area (Å²) in [4.78, 5) is 11.3. The molecule has 2 saturated carbocycles. The van der Waals surface area contributed by atoms with Crippen molar-refractivity contribution >= 4 is 5.78 Å². The van der Waals surface area contributed by atoms with Gasteiger partial charge in [0.2, 0.25) is 0 Å². The monoisotopic (exact) mass is 146 g/mol. The molecular weight excluding hydrogens is 136 g/mol. The first-order valence-electron chi connectivity index (χ1n) is 4.31. The smallest absolute Gasteiger partial charge is 0.163 e. The predicted octanol–water partition coefficient (Wildman–Crippen LogP) is 1.85. The van der Waals surface area contributed by atoms with Crippen LogP contribution in [0.15, 0.2) is 23.3 Å². The molecular formula is C10H10O. The number of allylic oxidation sites excluding steroid dienone is 4. The van der Waals surface area contributed by atoms with Gasteiger partial charge in [-0.05, 0) is 30.3 Å². The van der Waals surface area contributed by atoms with Gasteiger partial charge in [-0.15, -0.1) is 0 Å². The zero-order valence-electron chi connectivity index (χ0n) is 6.34. The average molecular weight is 146 g/mol. The second-order valence-corrected chi connectivity index (χ2v) is 3.76. The number of rotatable bonds is 0. The normalized spacial score (nSPS) is 39.1. The molecule has 1 nitrogen and oxygen atoms in total. The van der Waals surface area contributed by atoms with Gasteiger partial charge in [-0.3, -0.25) is 4.79 Å². The number of fused-ring (bicyclic) bond motifs is 2. The highest BCUT2D eigenvalue weighted by Crippen LogP contribution is 2.49. The lowest BCUT2D eigenvalue weighted by Crippen LogP contribution is -1.97. The Morgan fingerprint density at radius 2 is 2.00 bits per heavy atom.